The van der Waals surface area contributed by atoms with Gasteiger partial charge >= 0.3 is 0 Å². The molecule has 0 N–H and O–H groups in total. The maximum absolute atomic E-state index is 13.4. The fourth-order valence-electron chi connectivity index (χ4n) is 4.41. The quantitative estimate of drug-likeness (QED) is 0.381. The number of anilines is 1. The third-order valence-electron chi connectivity index (χ3n) is 6.45. The SMILES string of the molecule is CC(C)c1ccc2c(c1)sc(=NC(=O)c1ccc(S(=O)(=O)N3CCCc4ccccc43)cc1)n2C. The summed E-state index contributed by atoms with van der Waals surface area (Å²) in [6, 6.07) is 20.0. The number of aryl methyl sites for hydroxylation is 2. The highest BCUT2D eigenvalue weighted by atomic mass is 32.2. The average Bonchev–Trinajstić information content (AvgIpc) is 3.17. The lowest BCUT2D eigenvalue weighted by Gasteiger charge is -2.30. The molecule has 1 aliphatic rings. The normalized spacial score (nSPS) is 14.5. The molecule has 8 heteroatoms. The van der Waals surface area contributed by atoms with Crippen molar-refractivity contribution in [3.8, 4) is 0 Å². The summed E-state index contributed by atoms with van der Waals surface area (Å²) in [4.78, 5) is 18.0. The van der Waals surface area contributed by atoms with E-state index in [1.165, 1.54) is 33.3 Å². The molecule has 0 fully saturated rings. The van der Waals surface area contributed by atoms with Crippen LogP contribution < -0.4 is 9.11 Å². The van der Waals surface area contributed by atoms with Gasteiger partial charge in [-0.15, -0.1) is 0 Å². The zero-order valence-corrected chi connectivity index (χ0v) is 21.6. The summed E-state index contributed by atoms with van der Waals surface area (Å²) in [5, 5.41) is 0. The number of sulfonamides is 1. The molecule has 35 heavy (non-hydrogen) atoms. The summed E-state index contributed by atoms with van der Waals surface area (Å²) in [6.07, 6.45) is 1.64. The van der Waals surface area contributed by atoms with Gasteiger partial charge in [0.15, 0.2) is 4.80 Å². The number of carbonyl (C=O) groups excluding carboxylic acids is 1. The van der Waals surface area contributed by atoms with Crippen molar-refractivity contribution >= 4 is 43.2 Å². The van der Waals surface area contributed by atoms with Gasteiger partial charge in [0.2, 0.25) is 0 Å². The molecule has 0 saturated carbocycles. The van der Waals surface area contributed by atoms with Crippen molar-refractivity contribution in [3.63, 3.8) is 0 Å². The highest BCUT2D eigenvalue weighted by molar-refractivity contribution is 7.92. The van der Waals surface area contributed by atoms with Crippen molar-refractivity contribution < 1.29 is 13.2 Å². The Morgan fingerprint density at radius 3 is 2.51 bits per heavy atom. The molecule has 0 radical (unpaired) electrons. The highest BCUT2D eigenvalue weighted by Gasteiger charge is 2.29. The minimum absolute atomic E-state index is 0.166. The number of nitrogens with zero attached hydrogens (tertiary/aromatic N) is 3. The van der Waals surface area contributed by atoms with Crippen LogP contribution in [-0.2, 0) is 23.5 Å². The molecule has 0 unspecified atom stereocenters. The predicted octanol–water partition coefficient (Wildman–Crippen LogP) is 5.25. The van der Waals surface area contributed by atoms with E-state index in [2.05, 4.69) is 37.0 Å². The van der Waals surface area contributed by atoms with Crippen LogP contribution in [0.15, 0.2) is 76.6 Å². The van der Waals surface area contributed by atoms with E-state index in [1.807, 2.05) is 35.9 Å². The number of aromatic nitrogens is 1. The molecule has 1 amide bonds. The van der Waals surface area contributed by atoms with Crippen LogP contribution in [0.25, 0.3) is 10.2 Å². The van der Waals surface area contributed by atoms with Crippen LogP contribution in [0.1, 0.15) is 47.7 Å². The number of hydrogen-bond donors (Lipinski definition) is 0. The predicted molar refractivity (Wildman–Crippen MR) is 141 cm³/mol. The highest BCUT2D eigenvalue weighted by Crippen LogP contribution is 2.32. The second kappa shape index (κ2) is 9.09. The molecule has 0 saturated heterocycles. The summed E-state index contributed by atoms with van der Waals surface area (Å²) < 4.78 is 31.2. The Bertz CT molecular complexity index is 1600. The minimum Gasteiger partial charge on any atom is -0.319 e. The van der Waals surface area contributed by atoms with Crippen LogP contribution in [0.5, 0.6) is 0 Å². The van der Waals surface area contributed by atoms with Crippen LogP contribution in [-0.4, -0.2) is 25.4 Å². The third-order valence-corrected chi connectivity index (χ3v) is 9.38. The van der Waals surface area contributed by atoms with Gasteiger partial charge in [0.1, 0.15) is 0 Å². The molecule has 0 atom stereocenters. The fourth-order valence-corrected chi connectivity index (χ4v) is 7.02. The number of carbonyl (C=O) groups is 1. The van der Waals surface area contributed by atoms with E-state index in [4.69, 9.17) is 0 Å². The van der Waals surface area contributed by atoms with Gasteiger partial charge in [-0.1, -0.05) is 49.4 Å². The Balaban J connectivity index is 1.44. The van der Waals surface area contributed by atoms with Crippen molar-refractivity contribution in [1.29, 1.82) is 0 Å². The summed E-state index contributed by atoms with van der Waals surface area (Å²) in [6.45, 7) is 4.74. The van der Waals surface area contributed by atoms with E-state index in [0.29, 0.717) is 22.8 Å². The number of benzene rings is 3. The summed E-state index contributed by atoms with van der Waals surface area (Å²) in [5.41, 5.74) is 4.37. The smallest absolute Gasteiger partial charge is 0.279 e. The minimum atomic E-state index is -3.72. The first-order valence-corrected chi connectivity index (χ1v) is 13.9. The van der Waals surface area contributed by atoms with Gasteiger partial charge < -0.3 is 4.57 Å². The molecular weight excluding hydrogens is 478 g/mol. The summed E-state index contributed by atoms with van der Waals surface area (Å²) in [5.74, 6) is 0.0190. The topological polar surface area (TPSA) is 71.7 Å². The van der Waals surface area contributed by atoms with E-state index in [0.717, 1.165) is 34.3 Å². The molecule has 5 rings (SSSR count). The van der Waals surface area contributed by atoms with Crippen LogP contribution in [0, 0.1) is 0 Å². The third kappa shape index (κ3) is 4.32. The molecular formula is C27H27N3O3S2. The largest absolute Gasteiger partial charge is 0.319 e. The van der Waals surface area contributed by atoms with E-state index in [1.54, 1.807) is 12.1 Å². The number of fused-ring (bicyclic) bond motifs is 2. The second-order valence-corrected chi connectivity index (χ2v) is 11.9. The number of thiazole rings is 1. The fraction of sp³-hybridized carbons (Fsp3) is 0.259. The number of amides is 1. The van der Waals surface area contributed by atoms with Crippen LogP contribution in [0.2, 0.25) is 0 Å². The first-order valence-electron chi connectivity index (χ1n) is 11.6. The van der Waals surface area contributed by atoms with Crippen molar-refractivity contribution in [1.82, 2.24) is 4.57 Å². The van der Waals surface area contributed by atoms with Gasteiger partial charge in [-0.05, 0) is 72.4 Å². The van der Waals surface area contributed by atoms with E-state index >= 15 is 0 Å². The molecule has 4 aromatic rings. The van der Waals surface area contributed by atoms with Crippen molar-refractivity contribution in [3.05, 3.63) is 88.2 Å². The molecule has 1 aliphatic heterocycles. The number of para-hydroxylation sites is 1. The lowest BCUT2D eigenvalue weighted by atomic mass is 10.0. The van der Waals surface area contributed by atoms with Crippen LogP contribution in [0.3, 0.4) is 0 Å². The zero-order chi connectivity index (χ0) is 24.7. The monoisotopic (exact) mass is 505 g/mol. The zero-order valence-electron chi connectivity index (χ0n) is 19.9. The first kappa shape index (κ1) is 23.5. The Morgan fingerprint density at radius 2 is 1.77 bits per heavy atom. The molecule has 0 aliphatic carbocycles. The van der Waals surface area contributed by atoms with E-state index in [-0.39, 0.29) is 4.90 Å². The van der Waals surface area contributed by atoms with Crippen molar-refractivity contribution in [2.75, 3.05) is 10.8 Å². The Hall–Kier alpha value is -3.23. The van der Waals surface area contributed by atoms with Crippen molar-refractivity contribution in [2.45, 2.75) is 37.5 Å². The van der Waals surface area contributed by atoms with Gasteiger partial charge in [-0.25, -0.2) is 8.42 Å². The molecule has 6 nitrogen and oxygen atoms in total. The first-order chi connectivity index (χ1) is 16.8. The Labute approximate surface area is 209 Å². The Kier molecular flexibility index (Phi) is 6.11. The molecule has 0 spiro atoms. The van der Waals surface area contributed by atoms with Crippen molar-refractivity contribution in [2.24, 2.45) is 12.0 Å². The molecule has 2 heterocycles. The summed E-state index contributed by atoms with van der Waals surface area (Å²) >= 11 is 1.47. The summed E-state index contributed by atoms with van der Waals surface area (Å²) in [7, 11) is -1.83. The lowest BCUT2D eigenvalue weighted by molar-refractivity contribution is 0.0998. The Morgan fingerprint density at radius 1 is 1.03 bits per heavy atom. The molecule has 3 aromatic carbocycles. The van der Waals surface area contributed by atoms with Gasteiger partial charge in [0.25, 0.3) is 15.9 Å². The van der Waals surface area contributed by atoms with Crippen LogP contribution in [0.4, 0.5) is 5.69 Å². The maximum Gasteiger partial charge on any atom is 0.279 e. The van der Waals surface area contributed by atoms with Gasteiger partial charge in [-0.3, -0.25) is 9.10 Å². The average molecular weight is 506 g/mol. The maximum atomic E-state index is 13.4. The lowest BCUT2D eigenvalue weighted by Crippen LogP contribution is -2.35. The van der Waals surface area contributed by atoms with E-state index in [9.17, 15) is 13.2 Å². The van der Waals surface area contributed by atoms with Crippen LogP contribution >= 0.6 is 11.3 Å². The number of rotatable bonds is 4. The molecule has 180 valence electrons. The molecule has 0 bridgehead atoms. The second-order valence-electron chi connectivity index (χ2n) is 9.08. The van der Waals surface area contributed by atoms with Gasteiger partial charge in [-0.2, -0.15) is 4.99 Å². The van der Waals surface area contributed by atoms with Gasteiger partial charge in [0, 0.05) is 19.2 Å². The number of hydrogen-bond acceptors (Lipinski definition) is 4. The van der Waals surface area contributed by atoms with Gasteiger partial charge in [0.05, 0.1) is 20.8 Å². The standard InChI is InChI=1S/C27H27N3O3S2/c1-18(2)21-12-15-24-25(17-21)34-27(29(24)3)28-26(31)20-10-13-22(14-11-20)35(32,33)30-16-6-8-19-7-4-5-9-23(19)30/h4-5,7,9-15,17-18H,6,8,16H2,1-3H3. The van der Waals surface area contributed by atoms with E-state index < -0.39 is 15.9 Å². The molecule has 1 aromatic heterocycles.